The maximum Gasteiger partial charge on any atom is 0.395 e. The third-order valence-electron chi connectivity index (χ3n) is 1.76. The van der Waals surface area contributed by atoms with Gasteiger partial charge in [-0.15, -0.1) is 0 Å². The summed E-state index contributed by atoms with van der Waals surface area (Å²) in [6, 6.07) is 0.612. The van der Waals surface area contributed by atoms with E-state index in [1.165, 1.54) is 12.8 Å². The van der Waals surface area contributed by atoms with Gasteiger partial charge in [-0.05, 0) is 25.9 Å². The van der Waals surface area contributed by atoms with Gasteiger partial charge in [-0.2, -0.15) is 0 Å². The summed E-state index contributed by atoms with van der Waals surface area (Å²) in [7, 11) is 3.32. The first-order chi connectivity index (χ1) is 4.93. The molecule has 0 aromatic heterocycles. The number of hydrogen-bond acceptors (Lipinski definition) is 3. The maximum absolute atomic E-state index is 4.79. The van der Waals surface area contributed by atoms with Gasteiger partial charge < -0.3 is 15.2 Å². The van der Waals surface area contributed by atoms with E-state index in [1.54, 1.807) is 14.7 Å². The molecule has 1 aliphatic heterocycles. The van der Waals surface area contributed by atoms with Crippen LogP contribution in [-0.4, -0.2) is 33.9 Å². The first-order valence-electron chi connectivity index (χ1n) is 3.74. The van der Waals surface area contributed by atoms with Crippen molar-refractivity contribution in [3.63, 3.8) is 0 Å². The Kier molecular flexibility index (Phi) is 3.79. The van der Waals surface area contributed by atoms with Crippen LogP contribution in [0.15, 0.2) is 0 Å². The fraction of sp³-hybridized carbons (Fsp3) is 1.00. The summed E-state index contributed by atoms with van der Waals surface area (Å²) in [6.45, 7) is 2.24. The number of hydrogen-bond donors (Lipinski definition) is 2. The lowest BCUT2D eigenvalue weighted by Crippen LogP contribution is -2.41. The molecule has 0 bridgehead atoms. The highest BCUT2D eigenvalue weighted by atomic mass is 16.4. The lowest BCUT2D eigenvalue weighted by atomic mass is 10.0. The molecule has 1 fully saturated rings. The molecule has 3 nitrogen and oxygen atoms in total. The quantitative estimate of drug-likeness (QED) is 0.520. The Labute approximate surface area is 62.8 Å². The van der Waals surface area contributed by atoms with Gasteiger partial charge in [0.1, 0.15) is 0 Å². The van der Waals surface area contributed by atoms with E-state index in [1.807, 2.05) is 0 Å². The predicted octanol–water partition coefficient (Wildman–Crippen LogP) is -0.491. The van der Waals surface area contributed by atoms with Gasteiger partial charge in [0.05, 0.1) is 0 Å². The molecule has 0 aromatic carbocycles. The average molecular weight is 141 g/mol. The van der Waals surface area contributed by atoms with Gasteiger partial charge in [-0.1, -0.05) is 0 Å². The average Bonchev–Trinajstić information content (AvgIpc) is 2.03. The minimum atomic E-state index is 0.612. The summed E-state index contributed by atoms with van der Waals surface area (Å²) in [5.41, 5.74) is 0. The van der Waals surface area contributed by atoms with Crippen molar-refractivity contribution in [3.8, 4) is 0 Å². The van der Waals surface area contributed by atoms with Crippen LogP contribution < -0.4 is 10.5 Å². The number of piperidine rings is 1. The van der Waals surface area contributed by atoms with E-state index in [0.29, 0.717) is 6.04 Å². The molecule has 4 heteroatoms. The van der Waals surface area contributed by atoms with E-state index in [2.05, 4.69) is 10.5 Å². The highest BCUT2D eigenvalue weighted by Crippen LogP contribution is 2.00. The maximum atomic E-state index is 4.79. The predicted molar refractivity (Wildman–Crippen MR) is 41.8 cm³/mol. The molecular weight excluding hydrogens is 127 g/mol. The zero-order chi connectivity index (χ0) is 7.23. The van der Waals surface area contributed by atoms with E-state index in [4.69, 9.17) is 4.65 Å². The van der Waals surface area contributed by atoms with Crippen LogP contribution in [0.3, 0.4) is 0 Å². The molecule has 1 rings (SSSR count). The normalized spacial score (nSPS) is 20.9. The highest BCUT2D eigenvalue weighted by molar-refractivity contribution is 6.23. The van der Waals surface area contributed by atoms with Crippen LogP contribution in [-0.2, 0) is 4.65 Å². The first-order valence-corrected chi connectivity index (χ1v) is 3.74. The Morgan fingerprint density at radius 2 is 2.20 bits per heavy atom. The zero-order valence-corrected chi connectivity index (χ0v) is 6.39. The molecule has 10 heavy (non-hydrogen) atoms. The topological polar surface area (TPSA) is 33.3 Å². The first kappa shape index (κ1) is 8.05. The van der Waals surface area contributed by atoms with E-state index in [0.717, 1.165) is 13.1 Å². The molecule has 1 heterocycles. The molecule has 1 radical (unpaired) electrons. The summed E-state index contributed by atoms with van der Waals surface area (Å²) < 4.78 is 4.79. The Hall–Kier alpha value is -0.0551. The van der Waals surface area contributed by atoms with Gasteiger partial charge in [-0.25, -0.2) is 0 Å². The van der Waals surface area contributed by atoms with Gasteiger partial charge in [0, 0.05) is 13.2 Å². The van der Waals surface area contributed by atoms with E-state index < -0.39 is 0 Å². The van der Waals surface area contributed by atoms with Gasteiger partial charge in [0.2, 0.25) is 0 Å². The Bertz CT molecular complexity index is 85.8. The molecule has 1 aliphatic rings. The van der Waals surface area contributed by atoms with Crippen molar-refractivity contribution in [2.45, 2.75) is 18.9 Å². The van der Waals surface area contributed by atoms with Crippen LogP contribution in [0.1, 0.15) is 12.8 Å². The summed E-state index contributed by atoms with van der Waals surface area (Å²) in [5.74, 6) is 0. The van der Waals surface area contributed by atoms with Gasteiger partial charge in [-0.3, -0.25) is 0 Å². The van der Waals surface area contributed by atoms with Crippen LogP contribution in [0.5, 0.6) is 0 Å². The van der Waals surface area contributed by atoms with E-state index >= 15 is 0 Å². The van der Waals surface area contributed by atoms with Crippen molar-refractivity contribution in [1.82, 2.24) is 10.5 Å². The second-order valence-corrected chi connectivity index (χ2v) is 2.54. The van der Waals surface area contributed by atoms with E-state index in [9.17, 15) is 0 Å². The lowest BCUT2D eigenvalue weighted by Gasteiger charge is -2.22. The molecule has 1 saturated heterocycles. The van der Waals surface area contributed by atoms with Crippen LogP contribution >= 0.6 is 0 Å². The highest BCUT2D eigenvalue weighted by Gasteiger charge is 2.11. The van der Waals surface area contributed by atoms with Gasteiger partial charge >= 0.3 is 7.62 Å². The summed E-state index contributed by atoms with van der Waals surface area (Å²) in [5, 5.41) is 6.48. The third-order valence-corrected chi connectivity index (χ3v) is 1.76. The molecule has 0 aromatic rings. The van der Waals surface area contributed by atoms with Gasteiger partial charge in [0.15, 0.2) is 0 Å². The number of rotatable bonds is 3. The minimum Gasteiger partial charge on any atom is -0.427 e. The molecule has 0 spiro atoms. The summed E-state index contributed by atoms with van der Waals surface area (Å²) >= 11 is 0. The van der Waals surface area contributed by atoms with Crippen LogP contribution in [0.2, 0.25) is 0 Å². The summed E-state index contributed by atoms with van der Waals surface area (Å²) in [6.07, 6.45) is 2.39. The van der Waals surface area contributed by atoms with Crippen molar-refractivity contribution in [1.29, 1.82) is 0 Å². The van der Waals surface area contributed by atoms with E-state index in [-0.39, 0.29) is 0 Å². The van der Waals surface area contributed by atoms with Gasteiger partial charge in [0.25, 0.3) is 0 Å². The third kappa shape index (κ3) is 2.69. The molecule has 0 atom stereocenters. The van der Waals surface area contributed by atoms with Crippen LogP contribution in [0.4, 0.5) is 0 Å². The molecular formula is C6H14BN2O. The van der Waals surface area contributed by atoms with Crippen molar-refractivity contribution in [2.75, 3.05) is 20.2 Å². The van der Waals surface area contributed by atoms with Crippen LogP contribution in [0, 0.1) is 0 Å². The van der Waals surface area contributed by atoms with Crippen LogP contribution in [0.25, 0.3) is 0 Å². The monoisotopic (exact) mass is 141 g/mol. The Morgan fingerprint density at radius 3 is 2.80 bits per heavy atom. The number of nitrogens with one attached hydrogen (secondary N) is 2. The molecule has 0 aliphatic carbocycles. The minimum absolute atomic E-state index is 0.612. The fourth-order valence-electron chi connectivity index (χ4n) is 1.15. The SMILES string of the molecule is CO[B]NC1CCNCC1. The molecule has 0 unspecified atom stereocenters. The lowest BCUT2D eigenvalue weighted by molar-refractivity contribution is 0.387. The van der Waals surface area contributed by atoms with Crippen molar-refractivity contribution < 1.29 is 4.65 Å². The second-order valence-electron chi connectivity index (χ2n) is 2.54. The van der Waals surface area contributed by atoms with Crippen molar-refractivity contribution in [2.24, 2.45) is 0 Å². The fourth-order valence-corrected chi connectivity index (χ4v) is 1.15. The smallest absolute Gasteiger partial charge is 0.395 e. The molecule has 2 N–H and O–H groups in total. The summed E-state index contributed by atoms with van der Waals surface area (Å²) in [4.78, 5) is 0. The molecule has 57 valence electrons. The Balaban J connectivity index is 2.02. The molecule has 0 amide bonds. The Morgan fingerprint density at radius 1 is 1.50 bits per heavy atom. The van der Waals surface area contributed by atoms with Crippen molar-refractivity contribution in [3.05, 3.63) is 0 Å². The molecule has 0 saturated carbocycles. The largest absolute Gasteiger partial charge is 0.427 e. The zero-order valence-electron chi connectivity index (χ0n) is 6.39. The second kappa shape index (κ2) is 4.71. The van der Waals surface area contributed by atoms with Crippen molar-refractivity contribution >= 4 is 7.62 Å². The standard InChI is InChI=1S/C6H14BN2O/c1-10-7-9-6-2-4-8-5-3-6/h6,8-9H,2-5H2,1H3.